The normalized spacial score (nSPS) is 15.6. The molecule has 5 nitrogen and oxygen atoms in total. The molecular formula is C16H21FN2O3. The monoisotopic (exact) mass is 308 g/mol. The zero-order valence-electron chi connectivity index (χ0n) is 12.5. The first-order chi connectivity index (χ1) is 10.6. The van der Waals surface area contributed by atoms with Crippen LogP contribution < -0.4 is 10.5 Å². The zero-order valence-corrected chi connectivity index (χ0v) is 12.5. The van der Waals surface area contributed by atoms with Gasteiger partial charge in [-0.15, -0.1) is 0 Å². The Morgan fingerprint density at radius 2 is 2.05 bits per heavy atom. The maximum atomic E-state index is 13.0. The molecule has 0 spiro atoms. The van der Waals surface area contributed by atoms with Crippen LogP contribution >= 0.6 is 0 Å². The molecule has 1 heterocycles. The van der Waals surface area contributed by atoms with E-state index in [1.165, 1.54) is 12.1 Å². The SMILES string of the molecule is NC(=O)C1CCN(C(=O)CCCOc2cccc(F)c2)CC1. The maximum Gasteiger partial charge on any atom is 0.222 e. The van der Waals surface area contributed by atoms with Crippen molar-refractivity contribution >= 4 is 11.8 Å². The molecule has 1 fully saturated rings. The van der Waals surface area contributed by atoms with E-state index in [0.717, 1.165) is 0 Å². The van der Waals surface area contributed by atoms with Gasteiger partial charge in [0.15, 0.2) is 0 Å². The van der Waals surface area contributed by atoms with Crippen LogP contribution in [0.25, 0.3) is 0 Å². The number of amides is 2. The van der Waals surface area contributed by atoms with E-state index in [9.17, 15) is 14.0 Å². The smallest absolute Gasteiger partial charge is 0.222 e. The number of primary amides is 1. The molecular weight excluding hydrogens is 287 g/mol. The Morgan fingerprint density at radius 1 is 1.32 bits per heavy atom. The second-order valence-electron chi connectivity index (χ2n) is 5.47. The number of hydrogen-bond acceptors (Lipinski definition) is 3. The molecule has 0 bridgehead atoms. The summed E-state index contributed by atoms with van der Waals surface area (Å²) in [5.41, 5.74) is 5.27. The fraction of sp³-hybridized carbons (Fsp3) is 0.500. The first-order valence-corrected chi connectivity index (χ1v) is 7.51. The number of nitrogens with zero attached hydrogens (tertiary/aromatic N) is 1. The number of hydrogen-bond donors (Lipinski definition) is 1. The molecule has 0 aromatic heterocycles. The maximum absolute atomic E-state index is 13.0. The van der Waals surface area contributed by atoms with Crippen molar-refractivity contribution in [3.63, 3.8) is 0 Å². The zero-order chi connectivity index (χ0) is 15.9. The summed E-state index contributed by atoms with van der Waals surface area (Å²) in [4.78, 5) is 24.9. The van der Waals surface area contributed by atoms with Crippen molar-refractivity contribution in [1.29, 1.82) is 0 Å². The molecule has 0 radical (unpaired) electrons. The van der Waals surface area contributed by atoms with Gasteiger partial charge in [0.05, 0.1) is 6.61 Å². The Hall–Kier alpha value is -2.11. The summed E-state index contributed by atoms with van der Waals surface area (Å²) >= 11 is 0. The minimum Gasteiger partial charge on any atom is -0.493 e. The van der Waals surface area contributed by atoms with E-state index in [-0.39, 0.29) is 23.5 Å². The van der Waals surface area contributed by atoms with Crippen molar-refractivity contribution in [2.45, 2.75) is 25.7 Å². The average molecular weight is 308 g/mol. The highest BCUT2D eigenvalue weighted by molar-refractivity contribution is 5.78. The number of nitrogens with two attached hydrogens (primary N) is 1. The van der Waals surface area contributed by atoms with E-state index in [1.54, 1.807) is 17.0 Å². The number of carbonyl (C=O) groups excluding carboxylic acids is 2. The minimum absolute atomic E-state index is 0.0609. The van der Waals surface area contributed by atoms with Crippen LogP contribution in [0.1, 0.15) is 25.7 Å². The lowest BCUT2D eigenvalue weighted by Gasteiger charge is -2.30. The van der Waals surface area contributed by atoms with Gasteiger partial charge in [0, 0.05) is 31.5 Å². The van der Waals surface area contributed by atoms with Crippen molar-refractivity contribution in [2.75, 3.05) is 19.7 Å². The first-order valence-electron chi connectivity index (χ1n) is 7.51. The van der Waals surface area contributed by atoms with E-state index in [1.807, 2.05) is 0 Å². The fourth-order valence-electron chi connectivity index (χ4n) is 2.54. The third kappa shape index (κ3) is 4.72. The molecule has 0 atom stereocenters. The second kappa shape index (κ2) is 7.77. The van der Waals surface area contributed by atoms with Gasteiger partial charge in [-0.1, -0.05) is 6.07 Å². The van der Waals surface area contributed by atoms with Gasteiger partial charge < -0.3 is 15.4 Å². The Kier molecular flexibility index (Phi) is 5.75. The highest BCUT2D eigenvalue weighted by Crippen LogP contribution is 2.18. The van der Waals surface area contributed by atoms with Crippen LogP contribution in [0.15, 0.2) is 24.3 Å². The first kappa shape index (κ1) is 16.3. The van der Waals surface area contributed by atoms with Crippen LogP contribution in [-0.2, 0) is 9.59 Å². The van der Waals surface area contributed by atoms with Crippen molar-refractivity contribution in [1.82, 2.24) is 4.90 Å². The summed E-state index contributed by atoms with van der Waals surface area (Å²) in [5, 5.41) is 0. The molecule has 2 rings (SSSR count). The van der Waals surface area contributed by atoms with Gasteiger partial charge in [0.25, 0.3) is 0 Å². The number of ether oxygens (including phenoxy) is 1. The summed E-state index contributed by atoms with van der Waals surface area (Å²) in [6.07, 6.45) is 2.24. The third-order valence-corrected chi connectivity index (χ3v) is 3.85. The lowest BCUT2D eigenvalue weighted by atomic mass is 9.96. The molecule has 1 aromatic carbocycles. The molecule has 22 heavy (non-hydrogen) atoms. The van der Waals surface area contributed by atoms with Crippen LogP contribution in [0.5, 0.6) is 5.75 Å². The van der Waals surface area contributed by atoms with Crippen LogP contribution in [0.2, 0.25) is 0 Å². The Bertz CT molecular complexity index is 528. The molecule has 1 aliphatic rings. The molecule has 1 aromatic rings. The number of carbonyl (C=O) groups is 2. The summed E-state index contributed by atoms with van der Waals surface area (Å²) in [5.74, 6) is -0.206. The number of halogens is 1. The van der Waals surface area contributed by atoms with Crippen molar-refractivity contribution < 1.29 is 18.7 Å². The standard InChI is InChI=1S/C16H21FN2O3/c17-13-3-1-4-14(11-13)22-10-2-5-15(20)19-8-6-12(7-9-19)16(18)21/h1,3-4,11-12H,2,5-10H2,(H2,18,21). The van der Waals surface area contributed by atoms with Crippen LogP contribution in [0.3, 0.4) is 0 Å². The molecule has 0 aliphatic carbocycles. The third-order valence-electron chi connectivity index (χ3n) is 3.85. The summed E-state index contributed by atoms with van der Waals surface area (Å²) in [6, 6.07) is 5.93. The van der Waals surface area contributed by atoms with Crippen molar-refractivity contribution in [2.24, 2.45) is 11.7 Å². The van der Waals surface area contributed by atoms with Crippen molar-refractivity contribution in [3.8, 4) is 5.75 Å². The molecule has 0 unspecified atom stereocenters. The van der Waals surface area contributed by atoms with E-state index in [4.69, 9.17) is 10.5 Å². The molecule has 120 valence electrons. The Labute approximate surface area is 129 Å². The summed E-state index contributed by atoms with van der Waals surface area (Å²) in [7, 11) is 0. The van der Waals surface area contributed by atoms with Crippen molar-refractivity contribution in [3.05, 3.63) is 30.1 Å². The largest absolute Gasteiger partial charge is 0.493 e. The van der Waals surface area contributed by atoms with Gasteiger partial charge in [0.2, 0.25) is 11.8 Å². The van der Waals surface area contributed by atoms with Crippen LogP contribution in [-0.4, -0.2) is 36.4 Å². The molecule has 0 saturated carbocycles. The van der Waals surface area contributed by atoms with E-state index < -0.39 is 0 Å². The topological polar surface area (TPSA) is 72.6 Å². The number of piperidine rings is 1. The van der Waals surface area contributed by atoms with Gasteiger partial charge in [-0.05, 0) is 31.4 Å². The average Bonchev–Trinajstić information content (AvgIpc) is 2.51. The highest BCUT2D eigenvalue weighted by atomic mass is 19.1. The van der Waals surface area contributed by atoms with Gasteiger partial charge in [0.1, 0.15) is 11.6 Å². The predicted octanol–water partition coefficient (Wildman–Crippen LogP) is 1.71. The van der Waals surface area contributed by atoms with Gasteiger partial charge in [-0.2, -0.15) is 0 Å². The summed E-state index contributed by atoms with van der Waals surface area (Å²) in [6.45, 7) is 1.53. The van der Waals surface area contributed by atoms with Gasteiger partial charge in [-0.3, -0.25) is 9.59 Å². The minimum atomic E-state index is -0.342. The second-order valence-corrected chi connectivity index (χ2v) is 5.47. The van der Waals surface area contributed by atoms with E-state index in [0.29, 0.717) is 51.1 Å². The summed E-state index contributed by atoms with van der Waals surface area (Å²) < 4.78 is 18.4. The molecule has 1 aliphatic heterocycles. The Balaban J connectivity index is 1.65. The number of rotatable bonds is 6. The lowest BCUT2D eigenvalue weighted by Crippen LogP contribution is -2.41. The molecule has 1 saturated heterocycles. The van der Waals surface area contributed by atoms with Gasteiger partial charge >= 0.3 is 0 Å². The highest BCUT2D eigenvalue weighted by Gasteiger charge is 2.25. The van der Waals surface area contributed by atoms with Crippen LogP contribution in [0, 0.1) is 11.7 Å². The van der Waals surface area contributed by atoms with Gasteiger partial charge in [-0.25, -0.2) is 4.39 Å². The number of likely N-dealkylation sites (tertiary alicyclic amines) is 1. The molecule has 2 amide bonds. The van der Waals surface area contributed by atoms with E-state index in [2.05, 4.69) is 0 Å². The Morgan fingerprint density at radius 3 is 2.68 bits per heavy atom. The van der Waals surface area contributed by atoms with Crippen LogP contribution in [0.4, 0.5) is 4.39 Å². The lowest BCUT2D eigenvalue weighted by molar-refractivity contribution is -0.135. The number of benzene rings is 1. The molecule has 2 N–H and O–H groups in total. The molecule has 6 heteroatoms. The van der Waals surface area contributed by atoms with E-state index >= 15 is 0 Å². The fourth-order valence-corrected chi connectivity index (χ4v) is 2.54. The quantitative estimate of drug-likeness (QED) is 0.813. The predicted molar refractivity (Wildman–Crippen MR) is 79.6 cm³/mol.